The lowest BCUT2D eigenvalue weighted by Crippen LogP contribution is -2.22. The minimum Gasteiger partial charge on any atom is -0.361 e. The summed E-state index contributed by atoms with van der Waals surface area (Å²) >= 11 is 3.47. The van der Waals surface area contributed by atoms with Crippen molar-refractivity contribution in [1.82, 2.24) is 9.55 Å². The number of hydrogen-bond donors (Lipinski definition) is 0. The summed E-state index contributed by atoms with van der Waals surface area (Å²) in [6, 6.07) is 1.21. The first-order chi connectivity index (χ1) is 6.90. The lowest BCUT2D eigenvalue weighted by molar-refractivity contribution is 0.0857. The summed E-state index contributed by atoms with van der Waals surface area (Å²) < 4.78 is 8.60. The molecule has 0 saturated heterocycles. The lowest BCUT2D eigenvalue weighted by Gasteiger charge is -2.15. The number of nitrogens with zero attached hydrogens (tertiary/aromatic N) is 2. The highest BCUT2D eigenvalue weighted by Gasteiger charge is 2.12. The molecule has 86 valence electrons. The van der Waals surface area contributed by atoms with E-state index in [0.29, 0.717) is 6.73 Å². The third-order valence-electron chi connectivity index (χ3n) is 2.17. The van der Waals surface area contributed by atoms with Crippen LogP contribution in [0, 0.1) is 6.92 Å². The van der Waals surface area contributed by atoms with Crippen molar-refractivity contribution in [2.45, 2.75) is 39.3 Å². The largest absolute Gasteiger partial charge is 0.361 e. The summed E-state index contributed by atoms with van der Waals surface area (Å²) in [5, 5.41) is 0. The van der Waals surface area contributed by atoms with Gasteiger partial charge in [-0.3, -0.25) is 0 Å². The van der Waals surface area contributed by atoms with Gasteiger partial charge in [-0.1, -0.05) is 19.6 Å². The molecule has 0 unspecified atom stereocenters. The standard InChI is InChI=1S/C10H19BrN2OSi/c1-9-10(11)13(7-12-9)8-14-5-6-15(2,3)4/h7H,5-6,8H2,1-4H3. The van der Waals surface area contributed by atoms with Crippen LogP contribution in [0.2, 0.25) is 25.7 Å². The van der Waals surface area contributed by atoms with Gasteiger partial charge in [-0.25, -0.2) is 4.98 Å². The third-order valence-corrected chi connectivity index (χ3v) is 4.90. The lowest BCUT2D eigenvalue weighted by atomic mass is 10.6. The van der Waals surface area contributed by atoms with Crippen molar-refractivity contribution >= 4 is 24.0 Å². The second-order valence-electron chi connectivity index (χ2n) is 4.94. The Morgan fingerprint density at radius 2 is 2.13 bits per heavy atom. The van der Waals surface area contributed by atoms with Crippen LogP contribution in [-0.2, 0) is 11.5 Å². The molecule has 0 amide bonds. The van der Waals surface area contributed by atoms with Crippen molar-refractivity contribution < 1.29 is 4.74 Å². The topological polar surface area (TPSA) is 27.1 Å². The van der Waals surface area contributed by atoms with Crippen LogP contribution in [0.25, 0.3) is 0 Å². The molecule has 5 heteroatoms. The Kier molecular flexibility index (Phi) is 4.55. The van der Waals surface area contributed by atoms with E-state index in [1.165, 1.54) is 6.04 Å². The van der Waals surface area contributed by atoms with E-state index >= 15 is 0 Å². The second kappa shape index (κ2) is 5.27. The molecule has 0 spiro atoms. The molecule has 0 aromatic carbocycles. The number of halogens is 1. The summed E-state index contributed by atoms with van der Waals surface area (Å²) in [6.45, 7) is 10.5. The minimum absolute atomic E-state index is 0.589. The van der Waals surface area contributed by atoms with Crippen LogP contribution in [-0.4, -0.2) is 24.2 Å². The van der Waals surface area contributed by atoms with Gasteiger partial charge in [-0.15, -0.1) is 0 Å². The average Bonchev–Trinajstić information content (AvgIpc) is 2.42. The SMILES string of the molecule is Cc1ncn(COCC[Si](C)(C)C)c1Br. The fourth-order valence-electron chi connectivity index (χ4n) is 1.10. The second-order valence-corrected chi connectivity index (χ2v) is 11.3. The van der Waals surface area contributed by atoms with E-state index in [2.05, 4.69) is 40.6 Å². The van der Waals surface area contributed by atoms with Crippen molar-refractivity contribution in [2.24, 2.45) is 0 Å². The molecule has 0 atom stereocenters. The summed E-state index contributed by atoms with van der Waals surface area (Å²) in [7, 11) is -0.965. The van der Waals surface area contributed by atoms with E-state index < -0.39 is 8.07 Å². The van der Waals surface area contributed by atoms with Gasteiger partial charge in [0.05, 0.1) is 12.0 Å². The van der Waals surface area contributed by atoms with E-state index in [4.69, 9.17) is 4.74 Å². The summed E-state index contributed by atoms with van der Waals surface area (Å²) in [5.74, 6) is 0. The molecule has 0 aliphatic rings. The number of rotatable bonds is 5. The van der Waals surface area contributed by atoms with Crippen molar-refractivity contribution in [1.29, 1.82) is 0 Å². The average molecular weight is 291 g/mol. The molecular weight excluding hydrogens is 272 g/mol. The fraction of sp³-hybridized carbons (Fsp3) is 0.700. The summed E-state index contributed by atoms with van der Waals surface area (Å²) in [6.07, 6.45) is 1.80. The summed E-state index contributed by atoms with van der Waals surface area (Å²) in [5.41, 5.74) is 1.00. The Hall–Kier alpha value is -0.133. The molecule has 1 rings (SSSR count). The molecule has 0 N–H and O–H groups in total. The van der Waals surface area contributed by atoms with Gasteiger partial charge < -0.3 is 9.30 Å². The normalized spacial score (nSPS) is 12.1. The molecule has 1 aromatic heterocycles. The van der Waals surface area contributed by atoms with E-state index in [-0.39, 0.29) is 0 Å². The Balaban J connectivity index is 2.30. The van der Waals surface area contributed by atoms with Gasteiger partial charge >= 0.3 is 0 Å². The van der Waals surface area contributed by atoms with Crippen LogP contribution in [0.5, 0.6) is 0 Å². The van der Waals surface area contributed by atoms with E-state index in [9.17, 15) is 0 Å². The van der Waals surface area contributed by atoms with E-state index in [1.807, 2.05) is 11.5 Å². The maximum absolute atomic E-state index is 5.62. The van der Waals surface area contributed by atoms with Gasteiger partial charge in [0, 0.05) is 14.7 Å². The third kappa shape index (κ3) is 4.48. The summed E-state index contributed by atoms with van der Waals surface area (Å²) in [4.78, 5) is 4.19. The number of aryl methyl sites for hydroxylation is 1. The molecule has 1 aromatic rings. The maximum atomic E-state index is 5.62. The van der Waals surface area contributed by atoms with Crippen LogP contribution in [0.3, 0.4) is 0 Å². The van der Waals surface area contributed by atoms with Gasteiger partial charge in [0.25, 0.3) is 0 Å². The van der Waals surface area contributed by atoms with Gasteiger partial charge in [-0.05, 0) is 28.9 Å². The molecule has 0 bridgehead atoms. The van der Waals surface area contributed by atoms with Gasteiger partial charge in [0.15, 0.2) is 0 Å². The minimum atomic E-state index is -0.965. The van der Waals surface area contributed by atoms with Crippen LogP contribution >= 0.6 is 15.9 Å². The van der Waals surface area contributed by atoms with Gasteiger partial charge in [0.1, 0.15) is 11.3 Å². The van der Waals surface area contributed by atoms with Crippen LogP contribution in [0.15, 0.2) is 10.9 Å². The van der Waals surface area contributed by atoms with Crippen LogP contribution < -0.4 is 0 Å². The van der Waals surface area contributed by atoms with E-state index in [1.54, 1.807) is 6.33 Å². The zero-order valence-corrected chi connectivity index (χ0v) is 12.5. The van der Waals surface area contributed by atoms with Crippen molar-refractivity contribution in [3.63, 3.8) is 0 Å². The molecule has 1 heterocycles. The highest BCUT2D eigenvalue weighted by Crippen LogP contribution is 2.14. The molecular formula is C10H19BrN2OSi. The molecule has 3 nitrogen and oxygen atoms in total. The van der Waals surface area contributed by atoms with Crippen LogP contribution in [0.1, 0.15) is 5.69 Å². The number of ether oxygens (including phenoxy) is 1. The zero-order valence-electron chi connectivity index (χ0n) is 9.88. The maximum Gasteiger partial charge on any atom is 0.124 e. The van der Waals surface area contributed by atoms with Gasteiger partial charge in [0.2, 0.25) is 0 Å². The Labute approximate surface area is 101 Å². The highest BCUT2D eigenvalue weighted by molar-refractivity contribution is 9.10. The first-order valence-electron chi connectivity index (χ1n) is 5.15. The number of aromatic nitrogens is 2. The smallest absolute Gasteiger partial charge is 0.124 e. The Morgan fingerprint density at radius 1 is 1.47 bits per heavy atom. The Bertz CT molecular complexity index is 320. The molecule has 15 heavy (non-hydrogen) atoms. The highest BCUT2D eigenvalue weighted by atomic mass is 79.9. The quantitative estimate of drug-likeness (QED) is 0.615. The monoisotopic (exact) mass is 290 g/mol. The van der Waals surface area contributed by atoms with Crippen molar-refractivity contribution in [2.75, 3.05) is 6.61 Å². The molecule has 0 aliphatic carbocycles. The predicted octanol–water partition coefficient (Wildman–Crippen LogP) is 3.27. The molecule has 0 radical (unpaired) electrons. The first kappa shape index (κ1) is 12.9. The van der Waals surface area contributed by atoms with E-state index in [0.717, 1.165) is 16.9 Å². The molecule has 0 saturated carbocycles. The van der Waals surface area contributed by atoms with Gasteiger partial charge in [-0.2, -0.15) is 0 Å². The fourth-order valence-corrected chi connectivity index (χ4v) is 2.15. The molecule has 0 aliphatic heterocycles. The first-order valence-corrected chi connectivity index (χ1v) is 9.65. The van der Waals surface area contributed by atoms with Crippen molar-refractivity contribution in [3.05, 3.63) is 16.6 Å². The zero-order chi connectivity index (χ0) is 11.5. The van der Waals surface area contributed by atoms with Crippen LogP contribution in [0.4, 0.5) is 0 Å². The predicted molar refractivity (Wildman–Crippen MR) is 68.8 cm³/mol. The molecule has 0 fully saturated rings. The van der Waals surface area contributed by atoms with Crippen molar-refractivity contribution in [3.8, 4) is 0 Å². The number of hydrogen-bond acceptors (Lipinski definition) is 2. The number of imidazole rings is 1. The Morgan fingerprint density at radius 3 is 2.60 bits per heavy atom.